The van der Waals surface area contributed by atoms with E-state index >= 15 is 0 Å². The third kappa shape index (κ3) is 3.45. The van der Waals surface area contributed by atoms with E-state index in [1.807, 2.05) is 26.8 Å². The molecule has 3 aromatic heterocycles. The van der Waals surface area contributed by atoms with E-state index in [0.29, 0.717) is 39.8 Å². The van der Waals surface area contributed by atoms with Crippen LogP contribution in [-0.2, 0) is 12.1 Å². The van der Waals surface area contributed by atoms with Crippen LogP contribution >= 0.6 is 0 Å². The van der Waals surface area contributed by atoms with Gasteiger partial charge in [-0.15, -0.1) is 0 Å². The molecule has 0 aromatic carbocycles. The number of ether oxygens (including phenoxy) is 2. The first kappa shape index (κ1) is 21.7. The van der Waals surface area contributed by atoms with Crippen LogP contribution < -0.4 is 14.4 Å². The van der Waals surface area contributed by atoms with Gasteiger partial charge in [0.2, 0.25) is 0 Å². The lowest BCUT2D eigenvalue weighted by atomic mass is 9.96. The number of pyridine rings is 2. The van der Waals surface area contributed by atoms with Crippen molar-refractivity contribution in [2.75, 3.05) is 19.1 Å². The Morgan fingerprint density at radius 3 is 2.56 bits per heavy atom. The number of methoxy groups -OCH3 is 2. The minimum Gasteiger partial charge on any atom is -0.491 e. The summed E-state index contributed by atoms with van der Waals surface area (Å²) in [4.78, 5) is 24.0. The van der Waals surface area contributed by atoms with E-state index in [9.17, 15) is 13.6 Å². The maximum absolute atomic E-state index is 13.3. The SMILES string of the molecule is COc1cc(-c2cc(C)c3c(n2)C(C)(C)N(c2cnn(CC(F)F)c2)C3=O)cnc1OC. The Bertz CT molecular complexity index is 1190. The summed E-state index contributed by atoms with van der Waals surface area (Å²) in [6.45, 7) is 5.04. The monoisotopic (exact) mass is 443 g/mol. The molecule has 0 fully saturated rings. The van der Waals surface area contributed by atoms with Gasteiger partial charge in [-0.1, -0.05) is 0 Å². The van der Waals surface area contributed by atoms with Crippen molar-refractivity contribution in [2.45, 2.75) is 39.3 Å². The molecule has 0 saturated carbocycles. The van der Waals surface area contributed by atoms with Crippen molar-refractivity contribution in [1.82, 2.24) is 19.7 Å². The summed E-state index contributed by atoms with van der Waals surface area (Å²) in [7, 11) is 3.03. The number of carbonyl (C=O) groups excluding carboxylic acids is 1. The fraction of sp³-hybridized carbons (Fsp3) is 0.364. The molecule has 8 nitrogen and oxygen atoms in total. The van der Waals surface area contributed by atoms with Crippen LogP contribution in [0, 0.1) is 6.92 Å². The van der Waals surface area contributed by atoms with E-state index in [-0.39, 0.29) is 5.91 Å². The summed E-state index contributed by atoms with van der Waals surface area (Å²) in [5.74, 6) is 0.577. The number of fused-ring (bicyclic) bond motifs is 1. The molecule has 0 unspecified atom stereocenters. The standard InChI is InChI=1S/C22H23F2N5O3/c1-12-6-15(13-7-16(31-4)20(32-5)25-8-13)27-19-18(12)21(30)29(22(19,2)3)14-9-26-28(10-14)11-17(23)24/h6-10,17H,11H2,1-5H3. The van der Waals surface area contributed by atoms with Gasteiger partial charge in [-0.2, -0.15) is 5.10 Å². The predicted molar refractivity (Wildman–Crippen MR) is 113 cm³/mol. The number of carbonyl (C=O) groups is 1. The van der Waals surface area contributed by atoms with Crippen LogP contribution in [0.3, 0.4) is 0 Å². The Hall–Kier alpha value is -3.56. The van der Waals surface area contributed by atoms with Gasteiger partial charge in [-0.05, 0) is 38.5 Å². The number of alkyl halides is 2. The molecule has 1 amide bonds. The second-order valence-electron chi connectivity index (χ2n) is 7.99. The van der Waals surface area contributed by atoms with E-state index in [4.69, 9.17) is 14.5 Å². The van der Waals surface area contributed by atoms with E-state index in [0.717, 1.165) is 10.2 Å². The van der Waals surface area contributed by atoms with Crippen molar-refractivity contribution in [3.63, 3.8) is 0 Å². The van der Waals surface area contributed by atoms with Gasteiger partial charge in [0.15, 0.2) is 5.75 Å². The second kappa shape index (κ2) is 7.85. The van der Waals surface area contributed by atoms with Crippen molar-refractivity contribution >= 4 is 11.6 Å². The number of halogens is 2. The summed E-state index contributed by atoms with van der Waals surface area (Å²) in [6.07, 6.45) is 1.96. The maximum Gasteiger partial charge on any atom is 0.261 e. The molecule has 0 radical (unpaired) electrons. The fourth-order valence-electron chi connectivity index (χ4n) is 4.03. The number of nitrogens with zero attached hydrogens (tertiary/aromatic N) is 5. The highest BCUT2D eigenvalue weighted by molar-refractivity contribution is 6.12. The van der Waals surface area contributed by atoms with Crippen LogP contribution in [0.15, 0.2) is 30.7 Å². The third-order valence-electron chi connectivity index (χ3n) is 5.50. The molecule has 0 saturated heterocycles. The van der Waals surface area contributed by atoms with Crippen molar-refractivity contribution in [1.29, 1.82) is 0 Å². The van der Waals surface area contributed by atoms with Gasteiger partial charge in [0.05, 0.1) is 48.6 Å². The second-order valence-corrected chi connectivity index (χ2v) is 7.99. The number of hydrogen-bond donors (Lipinski definition) is 0. The highest BCUT2D eigenvalue weighted by Gasteiger charge is 2.47. The number of amides is 1. The molecule has 0 spiro atoms. The van der Waals surface area contributed by atoms with E-state index in [1.54, 1.807) is 17.2 Å². The molecule has 1 aliphatic heterocycles. The zero-order valence-corrected chi connectivity index (χ0v) is 18.4. The Labute approximate surface area is 183 Å². The zero-order valence-electron chi connectivity index (χ0n) is 18.4. The van der Waals surface area contributed by atoms with Crippen LogP contribution in [0.5, 0.6) is 11.6 Å². The lowest BCUT2D eigenvalue weighted by molar-refractivity contribution is 0.0981. The molecule has 3 aromatic rings. The number of aromatic nitrogens is 4. The van der Waals surface area contributed by atoms with Gasteiger partial charge in [-0.25, -0.2) is 18.7 Å². The lowest BCUT2D eigenvalue weighted by Gasteiger charge is -2.30. The number of rotatable bonds is 6. The molecular formula is C22H23F2N5O3. The molecule has 0 bridgehead atoms. The fourth-order valence-corrected chi connectivity index (χ4v) is 4.03. The highest BCUT2D eigenvalue weighted by atomic mass is 19.3. The van der Waals surface area contributed by atoms with Gasteiger partial charge in [0, 0.05) is 18.0 Å². The van der Waals surface area contributed by atoms with Crippen LogP contribution in [0.2, 0.25) is 0 Å². The molecule has 4 rings (SSSR count). The number of hydrogen-bond acceptors (Lipinski definition) is 6. The summed E-state index contributed by atoms with van der Waals surface area (Å²) < 4.78 is 37.1. The Balaban J connectivity index is 1.78. The average molecular weight is 443 g/mol. The van der Waals surface area contributed by atoms with Crippen LogP contribution in [-0.4, -0.2) is 46.3 Å². The third-order valence-corrected chi connectivity index (χ3v) is 5.50. The first-order valence-corrected chi connectivity index (χ1v) is 9.93. The highest BCUT2D eigenvalue weighted by Crippen LogP contribution is 2.43. The van der Waals surface area contributed by atoms with Crippen molar-refractivity contribution in [3.8, 4) is 22.9 Å². The predicted octanol–water partition coefficient (Wildman–Crippen LogP) is 3.83. The maximum atomic E-state index is 13.3. The van der Waals surface area contributed by atoms with Crippen LogP contribution in [0.4, 0.5) is 14.5 Å². The lowest BCUT2D eigenvalue weighted by Crippen LogP contribution is -2.39. The quantitative estimate of drug-likeness (QED) is 0.576. The smallest absolute Gasteiger partial charge is 0.261 e. The molecular weight excluding hydrogens is 420 g/mol. The topological polar surface area (TPSA) is 82.4 Å². The number of aryl methyl sites for hydroxylation is 1. The van der Waals surface area contributed by atoms with Crippen molar-refractivity contribution < 1.29 is 23.0 Å². The summed E-state index contributed by atoms with van der Waals surface area (Å²) in [5, 5.41) is 3.98. The van der Waals surface area contributed by atoms with Gasteiger partial charge in [0.25, 0.3) is 18.2 Å². The van der Waals surface area contributed by atoms with Gasteiger partial charge >= 0.3 is 0 Å². The minimum absolute atomic E-state index is 0.247. The van der Waals surface area contributed by atoms with Crippen molar-refractivity contribution in [2.24, 2.45) is 0 Å². The molecule has 4 heterocycles. The first-order valence-electron chi connectivity index (χ1n) is 9.93. The molecule has 32 heavy (non-hydrogen) atoms. The minimum atomic E-state index is -2.54. The Morgan fingerprint density at radius 1 is 1.16 bits per heavy atom. The number of anilines is 1. The molecule has 1 aliphatic rings. The van der Waals surface area contributed by atoms with E-state index in [2.05, 4.69) is 10.1 Å². The Kier molecular flexibility index (Phi) is 5.31. The average Bonchev–Trinajstić information content (AvgIpc) is 3.26. The summed E-state index contributed by atoms with van der Waals surface area (Å²) in [6, 6.07) is 3.59. The molecule has 0 N–H and O–H groups in total. The van der Waals surface area contributed by atoms with Crippen LogP contribution in [0.25, 0.3) is 11.3 Å². The molecule has 168 valence electrons. The largest absolute Gasteiger partial charge is 0.491 e. The first-order chi connectivity index (χ1) is 15.2. The molecule has 10 heteroatoms. The van der Waals surface area contributed by atoms with Crippen molar-refractivity contribution in [3.05, 3.63) is 47.5 Å². The molecule has 0 aliphatic carbocycles. The Morgan fingerprint density at radius 2 is 1.91 bits per heavy atom. The van der Waals surface area contributed by atoms with Gasteiger partial charge in [-0.3, -0.25) is 14.4 Å². The van der Waals surface area contributed by atoms with E-state index < -0.39 is 18.5 Å². The zero-order chi connectivity index (χ0) is 23.2. The molecule has 0 atom stereocenters. The van der Waals surface area contributed by atoms with Gasteiger partial charge < -0.3 is 9.47 Å². The normalized spacial score (nSPS) is 14.8. The van der Waals surface area contributed by atoms with E-state index in [1.165, 1.54) is 26.6 Å². The van der Waals surface area contributed by atoms with Crippen LogP contribution in [0.1, 0.15) is 35.5 Å². The summed E-state index contributed by atoms with van der Waals surface area (Å²) in [5.41, 5.74) is 2.79. The van der Waals surface area contributed by atoms with Gasteiger partial charge in [0.1, 0.15) is 6.54 Å². The summed E-state index contributed by atoms with van der Waals surface area (Å²) >= 11 is 0.